The maximum absolute atomic E-state index is 10.8. The van der Waals surface area contributed by atoms with E-state index in [0.717, 1.165) is 0 Å². The van der Waals surface area contributed by atoms with E-state index < -0.39 is 5.97 Å². The maximum Gasteiger partial charge on any atom is 0.305 e. The van der Waals surface area contributed by atoms with E-state index in [1.165, 1.54) is 0 Å². The van der Waals surface area contributed by atoms with Gasteiger partial charge in [0.15, 0.2) is 0 Å². The first-order valence-electron chi connectivity index (χ1n) is 5.94. The Morgan fingerprint density at radius 1 is 0.947 bits per heavy atom. The van der Waals surface area contributed by atoms with Crippen LogP contribution in [0.2, 0.25) is 0 Å². The molecule has 0 radical (unpaired) electrons. The van der Waals surface area contributed by atoms with Crippen LogP contribution in [0, 0.1) is 0 Å². The number of rotatable bonds is 13. The Hall–Kier alpha value is -0.700. The molecule has 0 fully saturated rings. The van der Waals surface area contributed by atoms with Crippen LogP contribution in [-0.2, 0) is 23.8 Å². The molecule has 7 nitrogen and oxygen atoms in total. The zero-order valence-corrected chi connectivity index (χ0v) is 12.3. The number of amides is 1. The number of ether oxygens (including phenoxy) is 3. The first-order valence-corrected chi connectivity index (χ1v) is 7.06. The van der Waals surface area contributed by atoms with E-state index in [0.29, 0.717) is 39.6 Å². The molecule has 0 atom stereocenters. The van der Waals surface area contributed by atoms with Crippen LogP contribution in [0.3, 0.4) is 0 Å². The van der Waals surface area contributed by atoms with Gasteiger partial charge in [0.25, 0.3) is 0 Å². The van der Waals surface area contributed by atoms with Gasteiger partial charge in [-0.3, -0.25) is 9.59 Å². The van der Waals surface area contributed by atoms with Gasteiger partial charge in [0.2, 0.25) is 5.91 Å². The average molecular weight is 342 g/mol. The van der Waals surface area contributed by atoms with Gasteiger partial charge in [0.05, 0.1) is 51.4 Å². The predicted octanol–water partition coefficient (Wildman–Crippen LogP) is 0.0220. The molecule has 1 amide bonds. The Balaban J connectivity index is 3.03. The molecule has 19 heavy (non-hydrogen) atoms. The number of alkyl halides is 1. The van der Waals surface area contributed by atoms with Gasteiger partial charge in [-0.15, -0.1) is 0 Å². The van der Waals surface area contributed by atoms with Crippen LogP contribution in [0.4, 0.5) is 0 Å². The van der Waals surface area contributed by atoms with Gasteiger partial charge in [-0.2, -0.15) is 0 Å². The lowest BCUT2D eigenvalue weighted by atomic mass is 10.5. The number of carbonyl (C=O) groups excluding carboxylic acids is 1. The maximum atomic E-state index is 10.8. The summed E-state index contributed by atoms with van der Waals surface area (Å²) in [7, 11) is 0. The topological polar surface area (TPSA) is 94.1 Å². The van der Waals surface area contributed by atoms with Gasteiger partial charge in [0.1, 0.15) is 0 Å². The predicted molar refractivity (Wildman–Crippen MR) is 71.5 cm³/mol. The number of carboxylic acids is 1. The van der Waals surface area contributed by atoms with Crippen LogP contribution in [0.15, 0.2) is 0 Å². The number of nitrogens with one attached hydrogen (secondary N) is 1. The summed E-state index contributed by atoms with van der Waals surface area (Å²) in [5.74, 6) is -0.945. The smallest absolute Gasteiger partial charge is 0.305 e. The fourth-order valence-corrected chi connectivity index (χ4v) is 1.21. The van der Waals surface area contributed by atoms with E-state index in [1.807, 2.05) is 0 Å². The highest BCUT2D eigenvalue weighted by Crippen LogP contribution is 1.84. The summed E-state index contributed by atoms with van der Waals surface area (Å²) in [6.45, 7) is 2.77. The third-order valence-electron chi connectivity index (χ3n) is 1.89. The van der Waals surface area contributed by atoms with Crippen molar-refractivity contribution in [2.45, 2.75) is 6.42 Å². The first-order chi connectivity index (χ1) is 9.16. The van der Waals surface area contributed by atoms with Crippen molar-refractivity contribution < 1.29 is 28.9 Å². The van der Waals surface area contributed by atoms with Gasteiger partial charge >= 0.3 is 5.97 Å². The van der Waals surface area contributed by atoms with Gasteiger partial charge in [-0.1, -0.05) is 15.9 Å². The molecule has 0 aromatic rings. The minimum Gasteiger partial charge on any atom is -0.481 e. The Morgan fingerprint density at radius 3 is 2.00 bits per heavy atom. The molecule has 0 saturated heterocycles. The van der Waals surface area contributed by atoms with Crippen molar-refractivity contribution in [2.24, 2.45) is 0 Å². The SMILES string of the molecule is O=C(O)CCOCCOCCOCCNC(=O)CBr. The molecule has 0 aliphatic rings. The number of carboxylic acid groups (broad SMARTS) is 1. The molecule has 0 spiro atoms. The molecule has 0 unspecified atom stereocenters. The minimum absolute atomic E-state index is 0.00321. The average Bonchev–Trinajstić information content (AvgIpc) is 2.39. The molecule has 0 heterocycles. The molecule has 0 saturated carbocycles. The van der Waals surface area contributed by atoms with Crippen molar-refractivity contribution in [3.63, 3.8) is 0 Å². The highest BCUT2D eigenvalue weighted by Gasteiger charge is 1.97. The van der Waals surface area contributed by atoms with Gasteiger partial charge in [-0.25, -0.2) is 0 Å². The van der Waals surface area contributed by atoms with Crippen LogP contribution >= 0.6 is 15.9 Å². The molecular formula is C11H20BrNO6. The number of halogens is 1. The molecule has 0 aromatic carbocycles. The Kier molecular flexibility index (Phi) is 13.2. The zero-order chi connectivity index (χ0) is 14.3. The Labute approximate surface area is 120 Å². The second-order valence-electron chi connectivity index (χ2n) is 3.46. The summed E-state index contributed by atoms with van der Waals surface area (Å²) in [4.78, 5) is 21.0. The summed E-state index contributed by atoms with van der Waals surface area (Å²) in [6, 6.07) is 0. The largest absolute Gasteiger partial charge is 0.481 e. The molecule has 0 aliphatic heterocycles. The first kappa shape index (κ1) is 18.3. The normalized spacial score (nSPS) is 10.4. The molecule has 0 aromatic heterocycles. The molecule has 0 aliphatic carbocycles. The second-order valence-corrected chi connectivity index (χ2v) is 4.03. The van der Waals surface area contributed by atoms with E-state index >= 15 is 0 Å². The van der Waals surface area contributed by atoms with Crippen LogP contribution in [0.1, 0.15) is 6.42 Å². The molecule has 8 heteroatoms. The molecule has 0 rings (SSSR count). The Morgan fingerprint density at radius 2 is 1.47 bits per heavy atom. The van der Waals surface area contributed by atoms with E-state index in [2.05, 4.69) is 21.2 Å². The highest BCUT2D eigenvalue weighted by atomic mass is 79.9. The molecular weight excluding hydrogens is 322 g/mol. The zero-order valence-electron chi connectivity index (χ0n) is 10.7. The minimum atomic E-state index is -0.874. The van der Waals surface area contributed by atoms with Crippen LogP contribution in [0.5, 0.6) is 0 Å². The summed E-state index contributed by atoms with van der Waals surface area (Å²) in [5.41, 5.74) is 0. The van der Waals surface area contributed by atoms with Crippen molar-refractivity contribution in [1.29, 1.82) is 0 Å². The standard InChI is InChI=1S/C11H20BrNO6/c12-9-10(14)13-2-4-18-6-8-19-7-5-17-3-1-11(15)16/h1-9H2,(H,13,14)(H,15,16). The Bertz CT molecular complexity index is 251. The van der Waals surface area contributed by atoms with Crippen molar-refractivity contribution in [3.8, 4) is 0 Å². The van der Waals surface area contributed by atoms with Crippen molar-refractivity contribution >= 4 is 27.8 Å². The van der Waals surface area contributed by atoms with E-state index in [9.17, 15) is 9.59 Å². The summed E-state index contributed by atoms with van der Waals surface area (Å²) < 4.78 is 15.4. The quantitative estimate of drug-likeness (QED) is 0.362. The number of hydrogen-bond donors (Lipinski definition) is 2. The molecule has 0 bridgehead atoms. The van der Waals surface area contributed by atoms with Crippen molar-refractivity contribution in [3.05, 3.63) is 0 Å². The lowest BCUT2D eigenvalue weighted by Gasteiger charge is -2.06. The second kappa shape index (κ2) is 13.7. The number of aliphatic carboxylic acids is 1. The summed E-state index contributed by atoms with van der Waals surface area (Å²) >= 11 is 3.03. The van der Waals surface area contributed by atoms with Gasteiger partial charge in [0, 0.05) is 6.54 Å². The molecule has 2 N–H and O–H groups in total. The lowest BCUT2D eigenvalue weighted by molar-refractivity contribution is -0.138. The number of hydrogen-bond acceptors (Lipinski definition) is 5. The van der Waals surface area contributed by atoms with Crippen molar-refractivity contribution in [2.75, 3.05) is 51.5 Å². The van der Waals surface area contributed by atoms with Gasteiger partial charge in [-0.05, 0) is 0 Å². The van der Waals surface area contributed by atoms with Gasteiger partial charge < -0.3 is 24.6 Å². The monoisotopic (exact) mass is 341 g/mol. The lowest BCUT2D eigenvalue weighted by Crippen LogP contribution is -2.28. The van der Waals surface area contributed by atoms with E-state index in [-0.39, 0.29) is 24.3 Å². The van der Waals surface area contributed by atoms with Crippen LogP contribution in [-0.4, -0.2) is 68.5 Å². The third kappa shape index (κ3) is 15.2. The van der Waals surface area contributed by atoms with Crippen LogP contribution < -0.4 is 5.32 Å². The molecule has 112 valence electrons. The fourth-order valence-electron chi connectivity index (χ4n) is 1.01. The third-order valence-corrected chi connectivity index (χ3v) is 2.40. The highest BCUT2D eigenvalue weighted by molar-refractivity contribution is 9.09. The summed E-state index contributed by atoms with van der Waals surface area (Å²) in [5, 5.41) is 11.3. The summed E-state index contributed by atoms with van der Waals surface area (Å²) in [6.07, 6.45) is 0.00321. The fraction of sp³-hybridized carbons (Fsp3) is 0.818. The van der Waals surface area contributed by atoms with Crippen LogP contribution in [0.25, 0.3) is 0 Å². The van der Waals surface area contributed by atoms with E-state index in [1.54, 1.807) is 0 Å². The van der Waals surface area contributed by atoms with E-state index in [4.69, 9.17) is 19.3 Å². The van der Waals surface area contributed by atoms with Crippen molar-refractivity contribution in [1.82, 2.24) is 5.32 Å². The number of carbonyl (C=O) groups is 2.